The molecule has 95 valence electrons. The van der Waals surface area contributed by atoms with E-state index in [4.69, 9.17) is 10.2 Å². The molecule has 0 unspecified atom stereocenters. The predicted molar refractivity (Wildman–Crippen MR) is 62.2 cm³/mol. The van der Waals surface area contributed by atoms with Gasteiger partial charge in [0.15, 0.2) is 0 Å². The van der Waals surface area contributed by atoms with Crippen LogP contribution in [0.15, 0.2) is 60.7 Å². The molecule has 1 radical (unpaired) electrons. The predicted octanol–water partition coefficient (Wildman–Crippen LogP) is -1.87. The first-order valence-electron chi connectivity index (χ1n) is 5.12. The maximum absolute atomic E-state index is 11.2. The Balaban J connectivity index is 2.39. The summed E-state index contributed by atoms with van der Waals surface area (Å²) in [4.78, 5) is 0. The van der Waals surface area contributed by atoms with E-state index in [0.29, 0.717) is 0 Å². The Morgan fingerprint density at radius 2 is 1.22 bits per heavy atom. The summed E-state index contributed by atoms with van der Waals surface area (Å²) < 4.78 is 36.2. The van der Waals surface area contributed by atoms with Crippen LogP contribution in [-0.4, -0.2) is 22.7 Å². The van der Waals surface area contributed by atoms with Crippen LogP contribution in [0, 0.1) is 7.14 Å². The minimum absolute atomic E-state index is 0.873. The molecular formula is C12H12AsIO4+. The third-order valence-electron chi connectivity index (χ3n) is 2.02. The third kappa shape index (κ3) is 3.96. The van der Waals surface area contributed by atoms with E-state index in [0.717, 1.165) is 7.14 Å². The summed E-state index contributed by atoms with van der Waals surface area (Å²) >= 11 is -7.61. The Labute approximate surface area is 116 Å². The van der Waals surface area contributed by atoms with E-state index in [1.807, 2.05) is 60.7 Å². The van der Waals surface area contributed by atoms with Crippen molar-refractivity contribution in [2.24, 2.45) is 0 Å². The molecule has 0 spiro atoms. The maximum atomic E-state index is 11.2. The van der Waals surface area contributed by atoms with Crippen molar-refractivity contribution in [1.82, 2.24) is 0 Å². The van der Waals surface area contributed by atoms with Crippen LogP contribution in [0.2, 0.25) is 0 Å². The molecule has 2 N–H and O–H groups in total. The quantitative estimate of drug-likeness (QED) is 0.448. The summed E-state index contributed by atoms with van der Waals surface area (Å²) in [6.45, 7) is 0. The molecule has 4 nitrogen and oxygen atoms in total. The van der Waals surface area contributed by atoms with Crippen molar-refractivity contribution >= 4 is 14.5 Å². The molecule has 18 heavy (non-hydrogen) atoms. The van der Waals surface area contributed by atoms with Crippen LogP contribution in [0.1, 0.15) is 0 Å². The van der Waals surface area contributed by atoms with E-state index in [1.54, 1.807) is 0 Å². The van der Waals surface area contributed by atoms with Gasteiger partial charge in [-0.05, 0) is 0 Å². The fraction of sp³-hybridized carbons (Fsp3) is 0. The Morgan fingerprint density at radius 3 is 1.56 bits per heavy atom. The zero-order valence-corrected chi connectivity index (χ0v) is 13.3. The Hall–Kier alpha value is -0.592. The first-order valence-corrected chi connectivity index (χ1v) is 11.4. The molecule has 0 saturated heterocycles. The van der Waals surface area contributed by atoms with Gasteiger partial charge in [0, 0.05) is 0 Å². The second kappa shape index (κ2) is 6.03. The minimum atomic E-state index is -5.10. The van der Waals surface area contributed by atoms with E-state index in [9.17, 15) is 3.74 Å². The van der Waals surface area contributed by atoms with Crippen LogP contribution >= 0.6 is 0 Å². The molecule has 0 aromatic heterocycles. The molecule has 6 heteroatoms. The zero-order chi connectivity index (χ0) is 13.0. The van der Waals surface area contributed by atoms with Gasteiger partial charge in [0.1, 0.15) is 0 Å². The van der Waals surface area contributed by atoms with Crippen LogP contribution in [-0.2, 0) is 5.79 Å². The van der Waals surface area contributed by atoms with Crippen molar-refractivity contribution in [3.8, 4) is 0 Å². The Morgan fingerprint density at radius 1 is 0.833 bits per heavy atom. The fourth-order valence-corrected chi connectivity index (χ4v) is 9.95. The fourth-order valence-electron chi connectivity index (χ4n) is 1.35. The van der Waals surface area contributed by atoms with Crippen molar-refractivity contribution < 1.29 is 34.2 Å². The van der Waals surface area contributed by atoms with Gasteiger partial charge >= 0.3 is 117 Å². The van der Waals surface area contributed by atoms with Gasteiger partial charge in [-0.2, -0.15) is 0 Å². The first-order chi connectivity index (χ1) is 8.56. The van der Waals surface area contributed by atoms with Crippen LogP contribution in [0.3, 0.4) is 0 Å². The molecular weight excluding hydrogens is 410 g/mol. The van der Waals surface area contributed by atoms with Gasteiger partial charge in [-0.15, -0.1) is 0 Å². The number of hydrogen-bond donors (Lipinski definition) is 2. The number of rotatable bonds is 4. The van der Waals surface area contributed by atoms with Crippen LogP contribution < -0.4 is 20.2 Å². The van der Waals surface area contributed by atoms with Gasteiger partial charge in [0.05, 0.1) is 0 Å². The van der Waals surface area contributed by atoms with E-state index < -0.39 is 34.7 Å². The topological polar surface area (TPSA) is 66.8 Å². The standard InChI is InChI=1S/C12H12AsIO4/c15-13(16,17)18-14(11-7-3-1-4-8-11)12-9-5-2-6-10-12/h1-10H,(H2,15,16,17)/q+1. The molecule has 2 rings (SSSR count). The van der Waals surface area contributed by atoms with Gasteiger partial charge in [-0.3, -0.25) is 0 Å². The average molecular weight is 422 g/mol. The molecule has 0 aliphatic rings. The number of hydrogen-bond acceptors (Lipinski definition) is 2. The Kier molecular flexibility index (Phi) is 4.64. The van der Waals surface area contributed by atoms with Gasteiger partial charge in [0.2, 0.25) is 0 Å². The van der Waals surface area contributed by atoms with Gasteiger partial charge in [0.25, 0.3) is 0 Å². The normalized spacial score (nSPS) is 11.7. The van der Waals surface area contributed by atoms with Gasteiger partial charge < -0.3 is 0 Å². The second-order valence-corrected chi connectivity index (χ2v) is 11.7. The average Bonchev–Trinajstić information content (AvgIpc) is 2.37. The monoisotopic (exact) mass is 422 g/mol. The summed E-state index contributed by atoms with van der Waals surface area (Å²) in [5.74, 6) is 0. The molecule has 0 heterocycles. The molecule has 0 bridgehead atoms. The van der Waals surface area contributed by atoms with E-state index in [2.05, 4.69) is 0 Å². The SMILES string of the molecule is O=[As](O)(O)O[I+](c1ccccc1)c1ccccc1. The van der Waals surface area contributed by atoms with Gasteiger partial charge in [-0.25, -0.2) is 0 Å². The molecule has 2 aromatic rings. The Bertz CT molecular complexity index is 501. The molecule has 0 aliphatic carbocycles. The van der Waals surface area contributed by atoms with Crippen molar-refractivity contribution in [3.05, 3.63) is 67.8 Å². The molecule has 0 atom stereocenters. The molecule has 0 amide bonds. The molecule has 0 saturated carbocycles. The molecule has 0 aliphatic heterocycles. The van der Waals surface area contributed by atoms with Crippen LogP contribution in [0.5, 0.6) is 0 Å². The van der Waals surface area contributed by atoms with Crippen molar-refractivity contribution in [3.63, 3.8) is 0 Å². The summed E-state index contributed by atoms with van der Waals surface area (Å²) in [5, 5.41) is 0. The third-order valence-corrected chi connectivity index (χ3v) is 11.1. The van der Waals surface area contributed by atoms with Crippen molar-refractivity contribution in [1.29, 1.82) is 0 Å². The second-order valence-electron chi connectivity index (χ2n) is 3.40. The van der Waals surface area contributed by atoms with Gasteiger partial charge in [-0.1, -0.05) is 0 Å². The summed E-state index contributed by atoms with van der Waals surface area (Å²) in [5.41, 5.74) is 0. The van der Waals surface area contributed by atoms with E-state index >= 15 is 0 Å². The van der Waals surface area contributed by atoms with E-state index in [1.165, 1.54) is 0 Å². The van der Waals surface area contributed by atoms with Crippen LogP contribution in [0.25, 0.3) is 0 Å². The first kappa shape index (κ1) is 13.8. The van der Waals surface area contributed by atoms with Crippen molar-refractivity contribution in [2.45, 2.75) is 0 Å². The molecule has 0 fully saturated rings. The number of benzene rings is 2. The van der Waals surface area contributed by atoms with Crippen molar-refractivity contribution in [2.75, 3.05) is 0 Å². The van der Waals surface area contributed by atoms with Crippen LogP contribution in [0.4, 0.5) is 0 Å². The number of halogens is 1. The summed E-state index contributed by atoms with van der Waals surface area (Å²) in [6, 6.07) is 18.5. The van der Waals surface area contributed by atoms with E-state index in [-0.39, 0.29) is 0 Å². The molecule has 2 aromatic carbocycles. The summed E-state index contributed by atoms with van der Waals surface area (Å²) in [7, 11) is 0. The zero-order valence-electron chi connectivity index (χ0n) is 9.31. The summed E-state index contributed by atoms with van der Waals surface area (Å²) in [6.07, 6.45) is 0.